The second-order valence-electron chi connectivity index (χ2n) is 5.67. The van der Waals surface area contributed by atoms with Crippen LogP contribution in [0.15, 0.2) is 30.6 Å². The van der Waals surface area contributed by atoms with Gasteiger partial charge in [0.05, 0.1) is 29.6 Å². The van der Waals surface area contributed by atoms with Gasteiger partial charge in [-0.15, -0.1) is 0 Å². The molecule has 1 aromatic carbocycles. The van der Waals surface area contributed by atoms with Gasteiger partial charge < -0.3 is 14.8 Å². The first-order valence-electron chi connectivity index (χ1n) is 7.62. The molecular weight excluding hydrogens is 298 g/mol. The molecule has 2 aromatic rings. The molecule has 7 heteroatoms. The lowest BCUT2D eigenvalue weighted by Crippen LogP contribution is -2.26. The van der Waals surface area contributed by atoms with Crippen LogP contribution in [0.5, 0.6) is 0 Å². The average molecular weight is 317 g/mol. The first-order valence-corrected chi connectivity index (χ1v) is 7.62. The van der Waals surface area contributed by atoms with Crippen molar-refractivity contribution in [2.75, 3.05) is 25.1 Å². The Kier molecular flexibility index (Phi) is 4.68. The standard InChI is InChI=1S/C16H19N3O4/c1-11(9-23-12-5-7-22-10-12)18-15-2-3-16(19(20)21)14-8-17-6-4-13(14)15/h2-4,6,8,11-12,18H,5,7,9-10H2,1H3. The lowest BCUT2D eigenvalue weighted by Gasteiger charge is -2.19. The van der Waals surface area contributed by atoms with Crippen LogP contribution < -0.4 is 5.32 Å². The molecule has 0 saturated carbocycles. The summed E-state index contributed by atoms with van der Waals surface area (Å²) in [5, 5.41) is 15.8. The Morgan fingerprint density at radius 3 is 3.09 bits per heavy atom. The molecule has 23 heavy (non-hydrogen) atoms. The predicted molar refractivity (Wildman–Crippen MR) is 86.7 cm³/mol. The van der Waals surface area contributed by atoms with E-state index in [9.17, 15) is 10.1 Å². The molecule has 2 heterocycles. The first kappa shape index (κ1) is 15.6. The SMILES string of the molecule is CC(COC1CCOC1)Nc1ccc([N+](=O)[O-])c2cnccc12. The monoisotopic (exact) mass is 317 g/mol. The van der Waals surface area contributed by atoms with Crippen molar-refractivity contribution in [1.29, 1.82) is 0 Å². The highest BCUT2D eigenvalue weighted by Gasteiger charge is 2.18. The number of pyridine rings is 1. The summed E-state index contributed by atoms with van der Waals surface area (Å²) in [6.07, 6.45) is 4.25. The van der Waals surface area contributed by atoms with Gasteiger partial charge in [0, 0.05) is 42.2 Å². The highest BCUT2D eigenvalue weighted by molar-refractivity contribution is 5.99. The van der Waals surface area contributed by atoms with E-state index in [-0.39, 0.29) is 22.8 Å². The number of aromatic nitrogens is 1. The third-order valence-electron chi connectivity index (χ3n) is 3.86. The van der Waals surface area contributed by atoms with E-state index in [0.29, 0.717) is 18.6 Å². The number of anilines is 1. The topological polar surface area (TPSA) is 86.5 Å². The fourth-order valence-corrected chi connectivity index (χ4v) is 2.69. The second kappa shape index (κ2) is 6.89. The van der Waals surface area contributed by atoms with E-state index in [4.69, 9.17) is 9.47 Å². The number of nitro benzene ring substituents is 1. The maximum atomic E-state index is 11.1. The van der Waals surface area contributed by atoms with Crippen LogP contribution >= 0.6 is 0 Å². The largest absolute Gasteiger partial charge is 0.380 e. The quantitative estimate of drug-likeness (QED) is 0.651. The van der Waals surface area contributed by atoms with Crippen LogP contribution in [-0.4, -0.2) is 41.9 Å². The van der Waals surface area contributed by atoms with Crippen molar-refractivity contribution in [2.45, 2.75) is 25.5 Å². The number of hydrogen-bond acceptors (Lipinski definition) is 6. The van der Waals surface area contributed by atoms with Crippen LogP contribution in [0.1, 0.15) is 13.3 Å². The molecule has 1 aliphatic heterocycles. The number of nitrogens with one attached hydrogen (secondary N) is 1. The third kappa shape index (κ3) is 3.57. The van der Waals surface area contributed by atoms with Gasteiger partial charge in [-0.25, -0.2) is 0 Å². The molecule has 7 nitrogen and oxygen atoms in total. The van der Waals surface area contributed by atoms with E-state index in [0.717, 1.165) is 24.1 Å². The van der Waals surface area contributed by atoms with E-state index in [1.165, 1.54) is 12.3 Å². The van der Waals surface area contributed by atoms with Gasteiger partial charge in [0.2, 0.25) is 0 Å². The molecule has 0 radical (unpaired) electrons. The smallest absolute Gasteiger partial charge is 0.278 e. The second-order valence-corrected chi connectivity index (χ2v) is 5.67. The van der Waals surface area contributed by atoms with Crippen LogP contribution in [0.25, 0.3) is 10.8 Å². The van der Waals surface area contributed by atoms with E-state index < -0.39 is 0 Å². The number of rotatable bonds is 6. The summed E-state index contributed by atoms with van der Waals surface area (Å²) >= 11 is 0. The molecule has 1 aromatic heterocycles. The van der Waals surface area contributed by atoms with Crippen LogP contribution in [0.3, 0.4) is 0 Å². The molecule has 1 N–H and O–H groups in total. The molecule has 2 atom stereocenters. The van der Waals surface area contributed by atoms with Gasteiger partial charge in [-0.1, -0.05) is 0 Å². The molecule has 3 rings (SSSR count). The minimum absolute atomic E-state index is 0.0608. The number of ether oxygens (including phenoxy) is 2. The molecule has 1 fully saturated rings. The molecule has 0 amide bonds. The number of benzene rings is 1. The van der Waals surface area contributed by atoms with Gasteiger partial charge in [-0.2, -0.15) is 0 Å². The Bertz CT molecular complexity index is 701. The van der Waals surface area contributed by atoms with Crippen LogP contribution in [0.4, 0.5) is 11.4 Å². The summed E-state index contributed by atoms with van der Waals surface area (Å²) < 4.78 is 11.1. The highest BCUT2D eigenvalue weighted by atomic mass is 16.6. The maximum Gasteiger partial charge on any atom is 0.278 e. The van der Waals surface area contributed by atoms with Crippen molar-refractivity contribution in [3.05, 3.63) is 40.7 Å². The van der Waals surface area contributed by atoms with Gasteiger partial charge in [0.25, 0.3) is 5.69 Å². The summed E-state index contributed by atoms with van der Waals surface area (Å²) in [5.41, 5.74) is 0.900. The van der Waals surface area contributed by atoms with Gasteiger partial charge >= 0.3 is 0 Å². The number of hydrogen-bond donors (Lipinski definition) is 1. The van der Waals surface area contributed by atoms with E-state index in [2.05, 4.69) is 10.3 Å². The van der Waals surface area contributed by atoms with Crippen LogP contribution in [0, 0.1) is 10.1 Å². The zero-order chi connectivity index (χ0) is 16.2. The van der Waals surface area contributed by atoms with Crippen LogP contribution in [0.2, 0.25) is 0 Å². The lowest BCUT2D eigenvalue weighted by molar-refractivity contribution is -0.383. The average Bonchev–Trinajstić information content (AvgIpc) is 3.06. The number of fused-ring (bicyclic) bond motifs is 1. The number of nitro groups is 1. The third-order valence-corrected chi connectivity index (χ3v) is 3.86. The summed E-state index contributed by atoms with van der Waals surface area (Å²) in [4.78, 5) is 14.7. The van der Waals surface area contributed by atoms with Crippen LogP contribution in [-0.2, 0) is 9.47 Å². The van der Waals surface area contributed by atoms with Gasteiger partial charge in [0.1, 0.15) is 0 Å². The summed E-state index contributed by atoms with van der Waals surface area (Å²) in [6, 6.07) is 5.09. The van der Waals surface area contributed by atoms with Gasteiger partial charge in [-0.3, -0.25) is 15.1 Å². The zero-order valence-corrected chi connectivity index (χ0v) is 12.9. The fourth-order valence-electron chi connectivity index (χ4n) is 2.69. The Hall–Kier alpha value is -2.25. The predicted octanol–water partition coefficient (Wildman–Crippen LogP) is 2.75. The molecule has 1 aliphatic rings. The van der Waals surface area contributed by atoms with E-state index in [1.807, 2.05) is 6.92 Å². The zero-order valence-electron chi connectivity index (χ0n) is 12.9. The number of nitrogens with zero attached hydrogens (tertiary/aromatic N) is 2. The van der Waals surface area contributed by atoms with Crippen molar-refractivity contribution in [1.82, 2.24) is 4.98 Å². The van der Waals surface area contributed by atoms with E-state index >= 15 is 0 Å². The Morgan fingerprint density at radius 2 is 2.35 bits per heavy atom. The molecular formula is C16H19N3O4. The van der Waals surface area contributed by atoms with Crippen molar-refractivity contribution in [2.24, 2.45) is 0 Å². The molecule has 0 bridgehead atoms. The summed E-state index contributed by atoms with van der Waals surface area (Å²) in [7, 11) is 0. The summed E-state index contributed by atoms with van der Waals surface area (Å²) in [6.45, 7) is 3.98. The molecule has 122 valence electrons. The normalized spacial score (nSPS) is 18.9. The van der Waals surface area contributed by atoms with Crippen molar-refractivity contribution in [3.63, 3.8) is 0 Å². The fraction of sp³-hybridized carbons (Fsp3) is 0.438. The Labute approximate surface area is 133 Å². The first-order chi connectivity index (χ1) is 11.1. The molecule has 0 spiro atoms. The summed E-state index contributed by atoms with van der Waals surface area (Å²) in [5.74, 6) is 0. The lowest BCUT2D eigenvalue weighted by atomic mass is 10.1. The Morgan fingerprint density at radius 1 is 1.48 bits per heavy atom. The van der Waals surface area contributed by atoms with Gasteiger partial charge in [0.15, 0.2) is 0 Å². The maximum absolute atomic E-state index is 11.1. The molecule has 2 unspecified atom stereocenters. The van der Waals surface area contributed by atoms with Crippen molar-refractivity contribution < 1.29 is 14.4 Å². The molecule has 0 aliphatic carbocycles. The highest BCUT2D eigenvalue weighted by Crippen LogP contribution is 2.31. The molecule has 1 saturated heterocycles. The Balaban J connectivity index is 1.74. The minimum atomic E-state index is -0.388. The minimum Gasteiger partial charge on any atom is -0.380 e. The van der Waals surface area contributed by atoms with Crippen molar-refractivity contribution in [3.8, 4) is 0 Å². The van der Waals surface area contributed by atoms with Crippen molar-refractivity contribution >= 4 is 22.1 Å². The van der Waals surface area contributed by atoms with Gasteiger partial charge in [-0.05, 0) is 25.5 Å². The van der Waals surface area contributed by atoms with E-state index in [1.54, 1.807) is 18.3 Å². The number of non-ortho nitro benzene ring substituents is 1.